The summed E-state index contributed by atoms with van der Waals surface area (Å²) in [4.78, 5) is 9.47. The molecule has 0 saturated carbocycles. The third-order valence-electron chi connectivity index (χ3n) is 0.817. The molecule has 0 aliphatic rings. The fraction of sp³-hybridized carbons (Fsp3) is 0.625. The van der Waals surface area contributed by atoms with Gasteiger partial charge in [0.2, 0.25) is 5.91 Å². The molecule has 15 heavy (non-hydrogen) atoms. The van der Waals surface area contributed by atoms with Gasteiger partial charge >= 0.3 is 29.6 Å². The van der Waals surface area contributed by atoms with Crippen molar-refractivity contribution in [1.82, 2.24) is 0 Å². The van der Waals surface area contributed by atoms with Crippen LogP contribution < -0.4 is 5.73 Å². The average Bonchev–Trinajstić information content (AvgIpc) is 1.80. The Morgan fingerprint density at radius 1 is 1.47 bits per heavy atom. The molecule has 0 rings (SSSR count). The van der Waals surface area contributed by atoms with Crippen molar-refractivity contribution in [3.8, 4) is 0 Å². The van der Waals surface area contributed by atoms with Crippen LogP contribution in [0.1, 0.15) is 20.8 Å². The van der Waals surface area contributed by atoms with Crippen molar-refractivity contribution in [2.75, 3.05) is 5.75 Å². The minimum atomic E-state index is -3.78. The molecule has 0 bridgehead atoms. The number of carbonyl (C=O) groups excluding carboxylic acids is 1. The van der Waals surface area contributed by atoms with Gasteiger partial charge in [0.05, 0.1) is 5.75 Å². The molecule has 5 nitrogen and oxygen atoms in total. The zero-order valence-electron chi connectivity index (χ0n) is 8.65. The third-order valence-corrected chi connectivity index (χ3v) is 2.05. The Morgan fingerprint density at radius 3 is 1.73 bits per heavy atom. The molecule has 0 spiro atoms. The van der Waals surface area contributed by atoms with E-state index < -0.39 is 16.0 Å². The molecule has 0 unspecified atom stereocenters. The first kappa shape index (κ1) is 20.5. The summed E-state index contributed by atoms with van der Waals surface area (Å²) in [5, 5.41) is 0. The molecule has 0 aliphatic heterocycles. The first-order chi connectivity index (χ1) is 5.98. The van der Waals surface area contributed by atoms with E-state index in [2.05, 4.69) is 12.3 Å². The van der Waals surface area contributed by atoms with Gasteiger partial charge in [-0.25, -0.2) is 0 Å². The molecule has 0 saturated heterocycles. The molecule has 7 heteroatoms. The maximum absolute atomic E-state index is 10.2. The number of amides is 1. The quantitative estimate of drug-likeness (QED) is 0.405. The van der Waals surface area contributed by atoms with Crippen molar-refractivity contribution < 1.29 is 17.8 Å². The summed E-state index contributed by atoms with van der Waals surface area (Å²) in [6, 6.07) is 0. The first-order valence-electron chi connectivity index (χ1n) is 3.85. The van der Waals surface area contributed by atoms with Gasteiger partial charge in [-0.1, -0.05) is 27.4 Å². The van der Waals surface area contributed by atoms with Crippen LogP contribution in [-0.4, -0.2) is 54.2 Å². The minimum absolute atomic E-state index is 0. The van der Waals surface area contributed by atoms with Crippen LogP contribution in [0.15, 0.2) is 12.7 Å². The molecule has 0 radical (unpaired) electrons. The van der Waals surface area contributed by atoms with Gasteiger partial charge in [0, 0.05) is 0 Å². The number of nitrogens with two attached hydrogens (primary N) is 1. The Hall–Kier alpha value is 0.120. The van der Waals surface area contributed by atoms with E-state index in [0.717, 1.165) is 6.08 Å². The third kappa shape index (κ3) is 31.5. The molecule has 0 aromatic heterocycles. The monoisotopic (exact) mass is 247 g/mol. The molecule has 0 aromatic rings. The Kier molecular flexibility index (Phi) is 11.3. The topological polar surface area (TPSA) is 97.5 Å². The van der Waals surface area contributed by atoms with E-state index in [-0.39, 0.29) is 40.7 Å². The van der Waals surface area contributed by atoms with Gasteiger partial charge < -0.3 is 5.73 Å². The van der Waals surface area contributed by atoms with E-state index in [9.17, 15) is 13.2 Å². The van der Waals surface area contributed by atoms with Crippen LogP contribution in [0.2, 0.25) is 0 Å². The molecule has 0 atom stereocenters. The SMILES string of the molecule is C=CC(N)=O.CC(C)(C)CS(=O)(=O)O.[NaH]. The standard InChI is InChI=1S/C5H12O3S.C3H5NO.Na.H/c1-5(2,3)4-9(6,7)8;1-2-3(4)5;;/h4H2,1-3H3,(H,6,7,8);2H,1H2,(H2,4,5);;. The molecule has 86 valence electrons. The van der Waals surface area contributed by atoms with Gasteiger partial charge in [0.25, 0.3) is 10.1 Å². The molecule has 1 amide bonds. The Labute approximate surface area is 113 Å². The number of primary amides is 1. The predicted octanol–water partition coefficient (Wildman–Crippen LogP) is -0.0705. The van der Waals surface area contributed by atoms with Crippen molar-refractivity contribution in [3.05, 3.63) is 12.7 Å². The number of hydrogen-bond donors (Lipinski definition) is 2. The second-order valence-electron chi connectivity index (χ2n) is 3.89. The maximum atomic E-state index is 10.2. The molecule has 0 heterocycles. The molecule has 3 N–H and O–H groups in total. The van der Waals surface area contributed by atoms with Crippen LogP contribution in [0.5, 0.6) is 0 Å². The summed E-state index contributed by atoms with van der Waals surface area (Å²) in [5.74, 6) is -0.662. The molecular weight excluding hydrogens is 229 g/mol. The fourth-order valence-electron chi connectivity index (χ4n) is 0.547. The van der Waals surface area contributed by atoms with Crippen molar-refractivity contribution >= 4 is 45.6 Å². The summed E-state index contributed by atoms with van der Waals surface area (Å²) < 4.78 is 28.7. The second kappa shape index (κ2) is 8.29. The summed E-state index contributed by atoms with van der Waals surface area (Å²) >= 11 is 0. The Morgan fingerprint density at radius 2 is 1.73 bits per heavy atom. The number of hydrogen-bond acceptors (Lipinski definition) is 3. The number of carbonyl (C=O) groups is 1. The van der Waals surface area contributed by atoms with Crippen LogP contribution in [0.3, 0.4) is 0 Å². The van der Waals surface area contributed by atoms with E-state index in [4.69, 9.17) is 4.55 Å². The van der Waals surface area contributed by atoms with Crippen LogP contribution in [0.25, 0.3) is 0 Å². The molecule has 0 fully saturated rings. The van der Waals surface area contributed by atoms with Gasteiger partial charge in [-0.05, 0) is 11.5 Å². The van der Waals surface area contributed by atoms with Crippen molar-refractivity contribution in [2.45, 2.75) is 20.8 Å². The van der Waals surface area contributed by atoms with Crippen LogP contribution in [0.4, 0.5) is 0 Å². The predicted molar refractivity (Wildman–Crippen MR) is 62.4 cm³/mol. The van der Waals surface area contributed by atoms with Crippen molar-refractivity contribution in [3.63, 3.8) is 0 Å². The Balaban J connectivity index is -0.000000208. The van der Waals surface area contributed by atoms with Gasteiger partial charge in [-0.2, -0.15) is 8.42 Å². The van der Waals surface area contributed by atoms with Gasteiger partial charge in [-0.3, -0.25) is 9.35 Å². The van der Waals surface area contributed by atoms with Crippen LogP contribution in [-0.2, 0) is 14.9 Å². The zero-order chi connectivity index (χ0) is 12.0. The summed E-state index contributed by atoms with van der Waals surface area (Å²) in [5.41, 5.74) is 4.18. The zero-order valence-corrected chi connectivity index (χ0v) is 9.47. The number of rotatable bonds is 2. The molecule has 0 aromatic carbocycles. The van der Waals surface area contributed by atoms with Gasteiger partial charge in [0.15, 0.2) is 0 Å². The fourth-order valence-corrected chi connectivity index (χ4v) is 1.64. The Bertz CT molecular complexity index is 292. The molecular formula is C8H18NNaO4S. The van der Waals surface area contributed by atoms with Crippen molar-refractivity contribution in [1.29, 1.82) is 0 Å². The van der Waals surface area contributed by atoms with Gasteiger partial charge in [-0.15, -0.1) is 0 Å². The van der Waals surface area contributed by atoms with Crippen LogP contribution in [0, 0.1) is 5.41 Å². The normalized spacial score (nSPS) is 10.4. The van der Waals surface area contributed by atoms with E-state index in [1.165, 1.54) is 0 Å². The van der Waals surface area contributed by atoms with Crippen LogP contribution >= 0.6 is 0 Å². The van der Waals surface area contributed by atoms with E-state index >= 15 is 0 Å². The summed E-state index contributed by atoms with van der Waals surface area (Å²) in [6.07, 6.45) is 1.06. The first-order valence-corrected chi connectivity index (χ1v) is 5.46. The van der Waals surface area contributed by atoms with E-state index in [0.29, 0.717) is 0 Å². The molecule has 0 aliphatic carbocycles. The van der Waals surface area contributed by atoms with Gasteiger partial charge in [0.1, 0.15) is 0 Å². The average molecular weight is 247 g/mol. The van der Waals surface area contributed by atoms with E-state index in [1.54, 1.807) is 20.8 Å². The summed E-state index contributed by atoms with van der Waals surface area (Å²) in [7, 11) is -3.78. The second-order valence-corrected chi connectivity index (χ2v) is 5.35. The van der Waals surface area contributed by atoms with E-state index in [1.807, 2.05) is 0 Å². The summed E-state index contributed by atoms with van der Waals surface area (Å²) in [6.45, 7) is 8.34. The van der Waals surface area contributed by atoms with Crippen molar-refractivity contribution in [2.24, 2.45) is 11.1 Å².